The van der Waals surface area contributed by atoms with Crippen molar-refractivity contribution in [2.45, 2.75) is 20.8 Å². The molecule has 0 spiro atoms. The Bertz CT molecular complexity index is 906. The highest BCUT2D eigenvalue weighted by Crippen LogP contribution is 2.17. The molecule has 0 aliphatic heterocycles. The van der Waals surface area contributed by atoms with Gasteiger partial charge in [-0.15, -0.1) is 0 Å². The topological polar surface area (TPSA) is 57.2 Å². The third-order valence-electron chi connectivity index (χ3n) is 4.08. The van der Waals surface area contributed by atoms with Gasteiger partial charge < -0.3 is 4.98 Å². The third-order valence-corrected chi connectivity index (χ3v) is 4.08. The Hall–Kier alpha value is -2.88. The number of hydrogen-bond acceptors (Lipinski definition) is 2. The van der Waals surface area contributed by atoms with Crippen molar-refractivity contribution in [1.29, 1.82) is 0 Å². The summed E-state index contributed by atoms with van der Waals surface area (Å²) < 4.78 is 0. The monoisotopic (exact) mass is 305 g/mol. The van der Waals surface area contributed by atoms with Gasteiger partial charge in [0, 0.05) is 17.1 Å². The fraction of sp³-hybridized carbons (Fsp3) is 0.158. The molecule has 0 bridgehead atoms. The first-order chi connectivity index (χ1) is 11.1. The van der Waals surface area contributed by atoms with Crippen molar-refractivity contribution in [3.8, 4) is 0 Å². The summed E-state index contributed by atoms with van der Waals surface area (Å²) in [7, 11) is 0. The minimum Gasteiger partial charge on any atom is -0.360 e. The number of carbonyl (C=O) groups excluding carboxylic acids is 1. The van der Waals surface area contributed by atoms with Crippen molar-refractivity contribution in [3.05, 3.63) is 70.9 Å². The molecule has 1 heterocycles. The first kappa shape index (κ1) is 15.0. The Morgan fingerprint density at radius 1 is 1.09 bits per heavy atom. The number of nitrogens with one attached hydrogen (secondary N) is 2. The number of benzene rings is 2. The minimum absolute atomic E-state index is 0.217. The number of para-hydroxylation sites is 1. The highest BCUT2D eigenvalue weighted by molar-refractivity contribution is 6.07. The van der Waals surface area contributed by atoms with E-state index in [2.05, 4.69) is 41.5 Å². The highest BCUT2D eigenvalue weighted by Gasteiger charge is 2.11. The molecule has 0 unspecified atom stereocenters. The molecule has 2 aromatic carbocycles. The van der Waals surface area contributed by atoms with Crippen LogP contribution >= 0.6 is 0 Å². The summed E-state index contributed by atoms with van der Waals surface area (Å²) in [5, 5.41) is 5.12. The molecule has 0 aliphatic rings. The van der Waals surface area contributed by atoms with E-state index in [0.717, 1.165) is 22.2 Å². The van der Waals surface area contributed by atoms with Crippen LogP contribution in [0.1, 0.15) is 34.0 Å². The fourth-order valence-corrected chi connectivity index (χ4v) is 2.49. The van der Waals surface area contributed by atoms with Crippen LogP contribution in [-0.4, -0.2) is 16.6 Å². The molecular formula is C19H19N3O. The zero-order valence-electron chi connectivity index (χ0n) is 13.5. The molecule has 1 amide bonds. The van der Waals surface area contributed by atoms with Crippen LogP contribution in [0.25, 0.3) is 10.9 Å². The van der Waals surface area contributed by atoms with Gasteiger partial charge in [-0.3, -0.25) is 4.79 Å². The second-order valence-electron chi connectivity index (χ2n) is 5.69. The number of H-pyrrole nitrogens is 1. The number of aromatic amines is 1. The summed E-state index contributed by atoms with van der Waals surface area (Å²) in [5.74, 6) is -0.217. The normalized spacial score (nSPS) is 11.7. The fourth-order valence-electron chi connectivity index (χ4n) is 2.49. The van der Waals surface area contributed by atoms with Crippen LogP contribution in [0.5, 0.6) is 0 Å². The molecule has 2 N–H and O–H groups in total. The molecule has 116 valence electrons. The number of hydrogen-bond donors (Lipinski definition) is 2. The summed E-state index contributed by atoms with van der Waals surface area (Å²) in [4.78, 5) is 15.4. The summed E-state index contributed by atoms with van der Waals surface area (Å²) in [6.07, 6.45) is 1.71. The molecule has 0 radical (unpaired) electrons. The molecule has 4 nitrogen and oxygen atoms in total. The number of nitrogens with zero attached hydrogens (tertiary/aromatic N) is 1. The summed E-state index contributed by atoms with van der Waals surface area (Å²) in [6, 6.07) is 13.9. The summed E-state index contributed by atoms with van der Waals surface area (Å²) in [6.45, 7) is 6.03. The van der Waals surface area contributed by atoms with Crippen molar-refractivity contribution >= 4 is 22.5 Å². The molecule has 1 aromatic heterocycles. The van der Waals surface area contributed by atoms with Crippen LogP contribution in [0.4, 0.5) is 0 Å². The van der Waals surface area contributed by atoms with E-state index in [-0.39, 0.29) is 5.91 Å². The molecule has 23 heavy (non-hydrogen) atoms. The SMILES string of the molecule is CC(=NNC(=O)c1c[nH]c2ccccc12)c1ccc(C)c(C)c1. The maximum Gasteiger partial charge on any atom is 0.273 e. The lowest BCUT2D eigenvalue weighted by molar-refractivity contribution is 0.0956. The van der Waals surface area contributed by atoms with E-state index in [1.165, 1.54) is 11.1 Å². The standard InChI is InChI=1S/C19H19N3O/c1-12-8-9-15(10-13(12)2)14(3)21-22-19(23)17-11-20-18-7-5-4-6-16(17)18/h4-11,20H,1-3H3,(H,22,23). The van der Waals surface area contributed by atoms with Gasteiger partial charge in [-0.1, -0.05) is 30.3 Å². The number of amides is 1. The van der Waals surface area contributed by atoms with Crippen molar-refractivity contribution in [3.63, 3.8) is 0 Å². The molecule has 4 heteroatoms. The number of fused-ring (bicyclic) bond motifs is 1. The van der Waals surface area contributed by atoms with Gasteiger partial charge in [0.2, 0.25) is 0 Å². The van der Waals surface area contributed by atoms with Crippen molar-refractivity contribution in [2.75, 3.05) is 0 Å². The average Bonchev–Trinajstić information content (AvgIpc) is 2.99. The van der Waals surface area contributed by atoms with Crippen molar-refractivity contribution < 1.29 is 4.79 Å². The van der Waals surface area contributed by atoms with Gasteiger partial charge in [0.15, 0.2) is 0 Å². The van der Waals surface area contributed by atoms with Gasteiger partial charge in [-0.2, -0.15) is 5.10 Å². The number of hydrazone groups is 1. The van der Waals surface area contributed by atoms with Crippen LogP contribution in [-0.2, 0) is 0 Å². The van der Waals surface area contributed by atoms with E-state index in [9.17, 15) is 4.79 Å². The van der Waals surface area contributed by atoms with E-state index in [0.29, 0.717) is 5.56 Å². The highest BCUT2D eigenvalue weighted by atomic mass is 16.2. The van der Waals surface area contributed by atoms with E-state index in [1.54, 1.807) is 6.20 Å². The Kier molecular flexibility index (Phi) is 3.98. The summed E-state index contributed by atoms with van der Waals surface area (Å²) >= 11 is 0. The lowest BCUT2D eigenvalue weighted by Gasteiger charge is -2.05. The van der Waals surface area contributed by atoms with Gasteiger partial charge in [0.05, 0.1) is 11.3 Å². The first-order valence-corrected chi connectivity index (χ1v) is 7.54. The molecule has 3 aromatic rings. The largest absolute Gasteiger partial charge is 0.360 e. The zero-order valence-corrected chi connectivity index (χ0v) is 13.5. The Morgan fingerprint density at radius 2 is 1.87 bits per heavy atom. The predicted octanol–water partition coefficient (Wildman–Crippen LogP) is 3.94. The average molecular weight is 305 g/mol. The molecule has 0 aliphatic carbocycles. The minimum atomic E-state index is -0.217. The second-order valence-corrected chi connectivity index (χ2v) is 5.69. The van der Waals surface area contributed by atoms with Gasteiger partial charge >= 0.3 is 0 Å². The molecule has 3 rings (SSSR count). The number of aromatic nitrogens is 1. The first-order valence-electron chi connectivity index (χ1n) is 7.54. The van der Waals surface area contributed by atoms with Gasteiger partial charge in [-0.05, 0) is 49.6 Å². The number of carbonyl (C=O) groups is 1. The van der Waals surface area contributed by atoms with Crippen LogP contribution < -0.4 is 5.43 Å². The predicted molar refractivity (Wildman–Crippen MR) is 93.9 cm³/mol. The van der Waals surface area contributed by atoms with E-state index < -0.39 is 0 Å². The Balaban J connectivity index is 1.81. The van der Waals surface area contributed by atoms with Gasteiger partial charge in [-0.25, -0.2) is 5.43 Å². The van der Waals surface area contributed by atoms with Crippen LogP contribution in [0.2, 0.25) is 0 Å². The van der Waals surface area contributed by atoms with Crippen molar-refractivity contribution in [1.82, 2.24) is 10.4 Å². The Morgan fingerprint density at radius 3 is 2.65 bits per heavy atom. The molecule has 0 saturated heterocycles. The van der Waals surface area contributed by atoms with Crippen molar-refractivity contribution in [2.24, 2.45) is 5.10 Å². The molecule has 0 atom stereocenters. The van der Waals surface area contributed by atoms with E-state index in [1.807, 2.05) is 37.3 Å². The third kappa shape index (κ3) is 3.01. The van der Waals surface area contributed by atoms with Crippen LogP contribution in [0, 0.1) is 13.8 Å². The second kappa shape index (κ2) is 6.08. The Labute approximate surface area is 135 Å². The van der Waals surface area contributed by atoms with Crippen LogP contribution in [0.15, 0.2) is 53.8 Å². The molecule has 0 saturated carbocycles. The molecular weight excluding hydrogens is 286 g/mol. The van der Waals surface area contributed by atoms with E-state index in [4.69, 9.17) is 0 Å². The lowest BCUT2D eigenvalue weighted by Crippen LogP contribution is -2.19. The zero-order chi connectivity index (χ0) is 16.4. The lowest BCUT2D eigenvalue weighted by atomic mass is 10.0. The maximum absolute atomic E-state index is 12.3. The van der Waals surface area contributed by atoms with Gasteiger partial charge in [0.25, 0.3) is 5.91 Å². The van der Waals surface area contributed by atoms with Gasteiger partial charge in [0.1, 0.15) is 0 Å². The summed E-state index contributed by atoms with van der Waals surface area (Å²) in [5.41, 5.74) is 8.40. The number of rotatable bonds is 3. The van der Waals surface area contributed by atoms with E-state index >= 15 is 0 Å². The quantitative estimate of drug-likeness (QED) is 0.559. The number of aryl methyl sites for hydroxylation is 2. The molecule has 0 fully saturated rings. The smallest absolute Gasteiger partial charge is 0.273 e. The van der Waals surface area contributed by atoms with Crippen LogP contribution in [0.3, 0.4) is 0 Å². The maximum atomic E-state index is 12.3.